The van der Waals surface area contributed by atoms with Crippen LogP contribution < -0.4 is 10.1 Å². The summed E-state index contributed by atoms with van der Waals surface area (Å²) >= 11 is 3.32. The molecular weight excluding hydrogens is 339 g/mol. The normalized spacial score (nSPS) is 10.5. The molecule has 1 aromatic carbocycles. The van der Waals surface area contributed by atoms with E-state index in [0.29, 0.717) is 24.7 Å². The van der Waals surface area contributed by atoms with Crippen LogP contribution in [0.15, 0.2) is 22.7 Å². The fourth-order valence-electron chi connectivity index (χ4n) is 1.64. The Kier molecular flexibility index (Phi) is 5.44. The molecule has 1 heterocycles. The third kappa shape index (κ3) is 4.10. The first-order valence-electron chi connectivity index (χ1n) is 6.72. The minimum Gasteiger partial charge on any atom is -0.463 e. The van der Waals surface area contributed by atoms with Gasteiger partial charge in [-0.3, -0.25) is 0 Å². The molecule has 21 heavy (non-hydrogen) atoms. The van der Waals surface area contributed by atoms with Crippen molar-refractivity contribution >= 4 is 21.9 Å². The Balaban J connectivity index is 2.45. The number of nitrogens with zero attached hydrogens (tertiary/aromatic N) is 3. The minimum absolute atomic E-state index is 0.192. The third-order valence-electron chi connectivity index (χ3n) is 2.55. The lowest BCUT2D eigenvalue weighted by atomic mass is 10.2. The summed E-state index contributed by atoms with van der Waals surface area (Å²) in [5.74, 6) is 0.215. The molecule has 0 aliphatic carbocycles. The number of ether oxygens (including phenoxy) is 1. The van der Waals surface area contributed by atoms with E-state index in [9.17, 15) is 4.39 Å². The highest BCUT2D eigenvalue weighted by Gasteiger charge is 2.13. The van der Waals surface area contributed by atoms with Crippen molar-refractivity contribution in [2.45, 2.75) is 20.3 Å². The van der Waals surface area contributed by atoms with E-state index in [0.717, 1.165) is 10.9 Å². The predicted molar refractivity (Wildman–Crippen MR) is 82.9 cm³/mol. The zero-order valence-corrected chi connectivity index (χ0v) is 13.4. The molecule has 0 aliphatic heterocycles. The van der Waals surface area contributed by atoms with Gasteiger partial charge in [0.2, 0.25) is 5.95 Å². The van der Waals surface area contributed by atoms with Crippen LogP contribution in [0.25, 0.3) is 11.4 Å². The Labute approximate surface area is 131 Å². The molecule has 0 fully saturated rings. The van der Waals surface area contributed by atoms with Crippen LogP contribution in [0, 0.1) is 5.82 Å². The SMILES string of the molecule is CCCOc1nc(NCC)nc(-c2cc(Br)ccc2F)n1. The lowest BCUT2D eigenvalue weighted by Crippen LogP contribution is -2.08. The van der Waals surface area contributed by atoms with Gasteiger partial charge in [-0.2, -0.15) is 15.0 Å². The Morgan fingerprint density at radius 3 is 2.76 bits per heavy atom. The van der Waals surface area contributed by atoms with E-state index in [1.165, 1.54) is 6.07 Å². The zero-order valence-electron chi connectivity index (χ0n) is 11.9. The number of rotatable bonds is 6. The second-order valence-electron chi connectivity index (χ2n) is 4.27. The summed E-state index contributed by atoms with van der Waals surface area (Å²) in [7, 11) is 0. The van der Waals surface area contributed by atoms with E-state index in [1.807, 2.05) is 13.8 Å². The Hall–Kier alpha value is -1.76. The van der Waals surface area contributed by atoms with Crippen LogP contribution in [0.4, 0.5) is 10.3 Å². The van der Waals surface area contributed by atoms with Crippen molar-refractivity contribution in [3.8, 4) is 17.4 Å². The zero-order chi connectivity index (χ0) is 15.2. The van der Waals surface area contributed by atoms with Gasteiger partial charge in [0.05, 0.1) is 12.2 Å². The third-order valence-corrected chi connectivity index (χ3v) is 3.05. The molecule has 0 atom stereocenters. The van der Waals surface area contributed by atoms with E-state index in [2.05, 4.69) is 36.2 Å². The van der Waals surface area contributed by atoms with Crippen molar-refractivity contribution in [3.63, 3.8) is 0 Å². The summed E-state index contributed by atoms with van der Waals surface area (Å²) in [6.45, 7) is 5.06. The average molecular weight is 355 g/mol. The number of hydrogen-bond donors (Lipinski definition) is 1. The largest absolute Gasteiger partial charge is 0.463 e. The maximum atomic E-state index is 14.0. The first kappa shape index (κ1) is 15.6. The molecule has 0 saturated heterocycles. The summed E-state index contributed by atoms with van der Waals surface area (Å²) in [6, 6.07) is 4.81. The Morgan fingerprint density at radius 1 is 1.24 bits per heavy atom. The molecule has 7 heteroatoms. The number of hydrogen-bond acceptors (Lipinski definition) is 5. The molecule has 0 bridgehead atoms. The van der Waals surface area contributed by atoms with Crippen molar-refractivity contribution < 1.29 is 9.13 Å². The molecular formula is C14H16BrFN4O. The first-order chi connectivity index (χ1) is 10.1. The van der Waals surface area contributed by atoms with Gasteiger partial charge in [-0.05, 0) is 31.5 Å². The molecule has 5 nitrogen and oxygen atoms in total. The van der Waals surface area contributed by atoms with Gasteiger partial charge >= 0.3 is 6.01 Å². The van der Waals surface area contributed by atoms with Crippen molar-refractivity contribution in [1.29, 1.82) is 0 Å². The predicted octanol–water partition coefficient (Wildman–Crippen LogP) is 3.66. The lowest BCUT2D eigenvalue weighted by molar-refractivity contribution is 0.292. The van der Waals surface area contributed by atoms with Crippen LogP contribution in [-0.2, 0) is 0 Å². The van der Waals surface area contributed by atoms with Gasteiger partial charge in [0.15, 0.2) is 5.82 Å². The van der Waals surface area contributed by atoms with Crippen LogP contribution >= 0.6 is 15.9 Å². The maximum absolute atomic E-state index is 14.0. The van der Waals surface area contributed by atoms with E-state index < -0.39 is 5.82 Å². The summed E-state index contributed by atoms with van der Waals surface area (Å²) in [5.41, 5.74) is 0.298. The van der Waals surface area contributed by atoms with Crippen LogP contribution in [-0.4, -0.2) is 28.1 Å². The topological polar surface area (TPSA) is 59.9 Å². The Morgan fingerprint density at radius 2 is 2.05 bits per heavy atom. The van der Waals surface area contributed by atoms with Gasteiger partial charge in [-0.25, -0.2) is 4.39 Å². The van der Waals surface area contributed by atoms with Crippen molar-refractivity contribution in [1.82, 2.24) is 15.0 Å². The number of halogens is 2. The van der Waals surface area contributed by atoms with Gasteiger partial charge in [0.1, 0.15) is 5.82 Å². The quantitative estimate of drug-likeness (QED) is 0.857. The van der Waals surface area contributed by atoms with Gasteiger partial charge < -0.3 is 10.1 Å². The monoisotopic (exact) mass is 354 g/mol. The summed E-state index contributed by atoms with van der Waals surface area (Å²) in [4.78, 5) is 12.6. The molecule has 2 aromatic rings. The first-order valence-corrected chi connectivity index (χ1v) is 7.51. The number of nitrogens with one attached hydrogen (secondary N) is 1. The van der Waals surface area contributed by atoms with Crippen molar-refractivity contribution in [3.05, 3.63) is 28.5 Å². The van der Waals surface area contributed by atoms with Crippen LogP contribution in [0.3, 0.4) is 0 Å². The van der Waals surface area contributed by atoms with E-state index in [1.54, 1.807) is 12.1 Å². The second kappa shape index (κ2) is 7.31. The summed E-state index contributed by atoms with van der Waals surface area (Å²) in [5, 5.41) is 2.99. The van der Waals surface area contributed by atoms with E-state index in [-0.39, 0.29) is 11.8 Å². The highest BCUT2D eigenvalue weighted by atomic mass is 79.9. The molecule has 2 rings (SSSR count). The molecule has 0 spiro atoms. The standard InChI is InChI=1S/C14H16BrFN4O/c1-3-7-21-14-19-12(18-13(20-14)17-4-2)10-8-9(15)5-6-11(10)16/h5-6,8H,3-4,7H2,1-2H3,(H,17,18,19,20). The van der Waals surface area contributed by atoms with Gasteiger partial charge in [0.25, 0.3) is 0 Å². The molecule has 0 radical (unpaired) electrons. The van der Waals surface area contributed by atoms with Gasteiger partial charge in [-0.15, -0.1) is 0 Å². The Bertz CT molecular complexity index is 624. The molecule has 0 amide bonds. The highest BCUT2D eigenvalue weighted by molar-refractivity contribution is 9.10. The molecule has 0 unspecified atom stereocenters. The maximum Gasteiger partial charge on any atom is 0.321 e. The number of benzene rings is 1. The summed E-state index contributed by atoms with van der Waals surface area (Å²) < 4.78 is 20.2. The van der Waals surface area contributed by atoms with Crippen LogP contribution in [0.2, 0.25) is 0 Å². The molecule has 0 saturated carbocycles. The molecule has 1 aromatic heterocycles. The molecule has 0 aliphatic rings. The van der Waals surface area contributed by atoms with Gasteiger partial charge in [-0.1, -0.05) is 22.9 Å². The summed E-state index contributed by atoms with van der Waals surface area (Å²) in [6.07, 6.45) is 0.836. The van der Waals surface area contributed by atoms with Crippen molar-refractivity contribution in [2.75, 3.05) is 18.5 Å². The van der Waals surface area contributed by atoms with Crippen molar-refractivity contribution in [2.24, 2.45) is 0 Å². The average Bonchev–Trinajstić information content (AvgIpc) is 2.48. The highest BCUT2D eigenvalue weighted by Crippen LogP contribution is 2.25. The molecule has 112 valence electrons. The minimum atomic E-state index is -0.395. The molecule has 1 N–H and O–H groups in total. The number of aromatic nitrogens is 3. The van der Waals surface area contributed by atoms with Crippen LogP contribution in [0.1, 0.15) is 20.3 Å². The van der Waals surface area contributed by atoms with E-state index >= 15 is 0 Å². The van der Waals surface area contributed by atoms with Crippen LogP contribution in [0.5, 0.6) is 6.01 Å². The smallest absolute Gasteiger partial charge is 0.321 e. The fraction of sp³-hybridized carbons (Fsp3) is 0.357. The second-order valence-corrected chi connectivity index (χ2v) is 5.18. The fourth-order valence-corrected chi connectivity index (χ4v) is 2.00. The lowest BCUT2D eigenvalue weighted by Gasteiger charge is -2.09. The van der Waals surface area contributed by atoms with Gasteiger partial charge in [0, 0.05) is 11.0 Å². The van der Waals surface area contributed by atoms with E-state index in [4.69, 9.17) is 4.74 Å². The number of anilines is 1.